The molecule has 0 bridgehead atoms. The number of hydrogen-bond donors (Lipinski definition) is 2. The average molecular weight is 402 g/mol. The van der Waals surface area contributed by atoms with Gasteiger partial charge in [0, 0.05) is 46.7 Å². The van der Waals surface area contributed by atoms with Crippen LogP contribution in [0, 0.1) is 0 Å². The van der Waals surface area contributed by atoms with E-state index in [1.54, 1.807) is 17.0 Å². The van der Waals surface area contributed by atoms with E-state index in [2.05, 4.69) is 16.4 Å². The quantitative estimate of drug-likeness (QED) is 0.700. The SMILES string of the molecule is O=C(NCC(=O)N1CCc2[nH]c3ccccc3c2C1)c1ccc(Cl)cc1Cl. The van der Waals surface area contributed by atoms with Gasteiger partial charge in [0.05, 0.1) is 17.1 Å². The van der Waals surface area contributed by atoms with Crippen LogP contribution in [0.5, 0.6) is 0 Å². The fraction of sp³-hybridized carbons (Fsp3) is 0.200. The summed E-state index contributed by atoms with van der Waals surface area (Å²) in [7, 11) is 0. The third-order valence-electron chi connectivity index (χ3n) is 4.81. The molecule has 0 spiro atoms. The fourth-order valence-electron chi connectivity index (χ4n) is 3.42. The Morgan fingerprint density at radius 2 is 1.96 bits per heavy atom. The van der Waals surface area contributed by atoms with Crippen molar-refractivity contribution < 1.29 is 9.59 Å². The van der Waals surface area contributed by atoms with Crippen LogP contribution in [0.2, 0.25) is 10.0 Å². The van der Waals surface area contributed by atoms with Gasteiger partial charge in [-0.2, -0.15) is 0 Å². The molecule has 0 saturated carbocycles. The molecule has 0 radical (unpaired) electrons. The molecule has 0 aliphatic carbocycles. The van der Waals surface area contributed by atoms with Crippen LogP contribution in [-0.4, -0.2) is 34.8 Å². The number of aromatic nitrogens is 1. The third kappa shape index (κ3) is 3.53. The van der Waals surface area contributed by atoms with E-state index in [1.165, 1.54) is 11.8 Å². The highest BCUT2D eigenvalue weighted by molar-refractivity contribution is 6.36. The summed E-state index contributed by atoms with van der Waals surface area (Å²) in [6.07, 6.45) is 0.771. The summed E-state index contributed by atoms with van der Waals surface area (Å²) in [6.45, 7) is 1.08. The molecule has 4 rings (SSSR count). The van der Waals surface area contributed by atoms with Gasteiger partial charge in [0.1, 0.15) is 0 Å². The van der Waals surface area contributed by atoms with Gasteiger partial charge in [-0.15, -0.1) is 0 Å². The molecule has 2 N–H and O–H groups in total. The molecule has 0 saturated heterocycles. The minimum atomic E-state index is -0.394. The molecule has 0 fully saturated rings. The fourth-order valence-corrected chi connectivity index (χ4v) is 3.91. The average Bonchev–Trinajstić information content (AvgIpc) is 3.03. The van der Waals surface area contributed by atoms with Crippen LogP contribution in [-0.2, 0) is 17.8 Å². The maximum Gasteiger partial charge on any atom is 0.253 e. The highest BCUT2D eigenvalue weighted by atomic mass is 35.5. The number of H-pyrrole nitrogens is 1. The topological polar surface area (TPSA) is 65.2 Å². The summed E-state index contributed by atoms with van der Waals surface area (Å²) >= 11 is 11.9. The van der Waals surface area contributed by atoms with E-state index in [0.717, 1.165) is 22.9 Å². The number of halogens is 2. The van der Waals surface area contributed by atoms with Crippen LogP contribution in [0.3, 0.4) is 0 Å². The van der Waals surface area contributed by atoms with Crippen LogP contribution < -0.4 is 5.32 Å². The lowest BCUT2D eigenvalue weighted by Crippen LogP contribution is -2.42. The second kappa shape index (κ2) is 7.25. The van der Waals surface area contributed by atoms with Crippen molar-refractivity contribution in [3.63, 3.8) is 0 Å². The van der Waals surface area contributed by atoms with Crippen LogP contribution in [0.1, 0.15) is 21.6 Å². The minimum Gasteiger partial charge on any atom is -0.358 e. The predicted molar refractivity (Wildman–Crippen MR) is 106 cm³/mol. The van der Waals surface area contributed by atoms with Gasteiger partial charge in [0.15, 0.2) is 0 Å². The molecule has 1 aliphatic rings. The van der Waals surface area contributed by atoms with Crippen LogP contribution in [0.25, 0.3) is 10.9 Å². The highest BCUT2D eigenvalue weighted by Crippen LogP contribution is 2.27. The van der Waals surface area contributed by atoms with E-state index < -0.39 is 5.91 Å². The number of nitrogens with zero attached hydrogens (tertiary/aromatic N) is 1. The third-order valence-corrected chi connectivity index (χ3v) is 5.36. The molecule has 3 aromatic rings. The summed E-state index contributed by atoms with van der Waals surface area (Å²) in [4.78, 5) is 30.1. The van der Waals surface area contributed by atoms with E-state index in [1.807, 2.05) is 18.2 Å². The number of carbonyl (C=O) groups excluding carboxylic acids is 2. The molecule has 2 amide bonds. The van der Waals surface area contributed by atoms with Crippen LogP contribution in [0.4, 0.5) is 0 Å². The monoisotopic (exact) mass is 401 g/mol. The molecule has 1 aliphatic heterocycles. The summed E-state index contributed by atoms with van der Waals surface area (Å²) in [5.41, 5.74) is 3.71. The second-order valence-electron chi connectivity index (χ2n) is 6.50. The van der Waals surface area contributed by atoms with Crippen molar-refractivity contribution in [3.8, 4) is 0 Å². The maximum atomic E-state index is 12.6. The second-order valence-corrected chi connectivity index (χ2v) is 7.34. The Balaban J connectivity index is 1.42. The number of aromatic amines is 1. The van der Waals surface area contributed by atoms with E-state index >= 15 is 0 Å². The Morgan fingerprint density at radius 3 is 2.78 bits per heavy atom. The van der Waals surface area contributed by atoms with E-state index in [0.29, 0.717) is 23.7 Å². The predicted octanol–water partition coefficient (Wildman–Crippen LogP) is 3.79. The number of para-hydroxylation sites is 1. The van der Waals surface area contributed by atoms with Crippen molar-refractivity contribution in [1.29, 1.82) is 0 Å². The van der Waals surface area contributed by atoms with Crippen LogP contribution in [0.15, 0.2) is 42.5 Å². The molecule has 5 nitrogen and oxygen atoms in total. The van der Waals surface area contributed by atoms with Crippen LogP contribution >= 0.6 is 23.2 Å². The number of hydrogen-bond acceptors (Lipinski definition) is 2. The summed E-state index contributed by atoms with van der Waals surface area (Å²) in [5, 5.41) is 4.50. The molecule has 1 aromatic heterocycles. The summed E-state index contributed by atoms with van der Waals surface area (Å²) in [5.74, 6) is -0.515. The van der Waals surface area contributed by atoms with Crippen molar-refractivity contribution in [1.82, 2.24) is 15.2 Å². The van der Waals surface area contributed by atoms with Gasteiger partial charge in [0.2, 0.25) is 5.91 Å². The molecule has 2 heterocycles. The van der Waals surface area contributed by atoms with Gasteiger partial charge in [-0.05, 0) is 24.3 Å². The highest BCUT2D eigenvalue weighted by Gasteiger charge is 2.24. The Labute approximate surface area is 166 Å². The molecule has 0 atom stereocenters. The molecule has 0 unspecified atom stereocenters. The van der Waals surface area contributed by atoms with Crippen molar-refractivity contribution in [3.05, 3.63) is 69.3 Å². The molecule has 2 aromatic carbocycles. The smallest absolute Gasteiger partial charge is 0.253 e. The Hall–Kier alpha value is -2.50. The van der Waals surface area contributed by atoms with E-state index in [-0.39, 0.29) is 17.5 Å². The Morgan fingerprint density at radius 1 is 1.15 bits per heavy atom. The number of carbonyl (C=O) groups is 2. The number of benzene rings is 2. The normalized spacial score (nSPS) is 13.5. The number of rotatable bonds is 3. The molecule has 27 heavy (non-hydrogen) atoms. The van der Waals surface area contributed by atoms with Gasteiger partial charge in [-0.25, -0.2) is 0 Å². The van der Waals surface area contributed by atoms with E-state index in [9.17, 15) is 9.59 Å². The lowest BCUT2D eigenvalue weighted by molar-refractivity contribution is -0.131. The first-order valence-corrected chi connectivity index (χ1v) is 9.38. The van der Waals surface area contributed by atoms with Crippen molar-refractivity contribution in [2.75, 3.05) is 13.1 Å². The molecule has 138 valence electrons. The lowest BCUT2D eigenvalue weighted by atomic mass is 10.0. The standard InChI is InChI=1S/C20H17Cl2N3O2/c21-12-5-6-14(16(22)9-12)20(27)23-10-19(26)25-8-7-18-15(11-25)13-3-1-2-4-17(13)24-18/h1-6,9,24H,7-8,10-11H2,(H,23,27). The van der Waals surface area contributed by atoms with Gasteiger partial charge in [0.25, 0.3) is 5.91 Å². The van der Waals surface area contributed by atoms with Gasteiger partial charge < -0.3 is 15.2 Å². The van der Waals surface area contributed by atoms with E-state index in [4.69, 9.17) is 23.2 Å². The first-order valence-electron chi connectivity index (χ1n) is 8.62. The number of fused-ring (bicyclic) bond motifs is 3. The molecular formula is C20H17Cl2N3O2. The van der Waals surface area contributed by atoms with Crippen molar-refractivity contribution >= 4 is 45.9 Å². The molecular weight excluding hydrogens is 385 g/mol. The van der Waals surface area contributed by atoms with Gasteiger partial charge in [-0.1, -0.05) is 41.4 Å². The van der Waals surface area contributed by atoms with Crippen molar-refractivity contribution in [2.24, 2.45) is 0 Å². The first-order chi connectivity index (χ1) is 13.0. The Bertz CT molecular complexity index is 1040. The first kappa shape index (κ1) is 17.9. The zero-order valence-corrected chi connectivity index (χ0v) is 15.9. The Kier molecular flexibility index (Phi) is 4.81. The minimum absolute atomic E-state index is 0.0739. The maximum absolute atomic E-state index is 12.6. The van der Waals surface area contributed by atoms with Gasteiger partial charge >= 0.3 is 0 Å². The summed E-state index contributed by atoms with van der Waals surface area (Å²) < 4.78 is 0. The lowest BCUT2D eigenvalue weighted by Gasteiger charge is -2.27. The van der Waals surface area contributed by atoms with Gasteiger partial charge in [-0.3, -0.25) is 9.59 Å². The molecule has 7 heteroatoms. The van der Waals surface area contributed by atoms with Crippen molar-refractivity contribution in [2.45, 2.75) is 13.0 Å². The summed E-state index contributed by atoms with van der Waals surface area (Å²) in [6, 6.07) is 12.7. The zero-order chi connectivity index (χ0) is 19.0. The largest absolute Gasteiger partial charge is 0.358 e. The number of amides is 2. The zero-order valence-electron chi connectivity index (χ0n) is 14.4. The number of nitrogens with one attached hydrogen (secondary N) is 2.